The van der Waals surface area contributed by atoms with Crippen LogP contribution in [0.4, 0.5) is 5.69 Å². The molecule has 0 bridgehead atoms. The van der Waals surface area contributed by atoms with Gasteiger partial charge in [-0.05, 0) is 18.6 Å². The van der Waals surface area contributed by atoms with E-state index in [4.69, 9.17) is 4.74 Å². The Labute approximate surface area is 167 Å². The third-order valence-corrected chi connectivity index (χ3v) is 5.30. The molecule has 4 rings (SSSR count). The molecule has 0 unspecified atom stereocenters. The molecule has 1 aromatic carbocycles. The van der Waals surface area contributed by atoms with Crippen molar-refractivity contribution in [1.29, 1.82) is 0 Å². The summed E-state index contributed by atoms with van der Waals surface area (Å²) in [6.45, 7) is 3.61. The summed E-state index contributed by atoms with van der Waals surface area (Å²) in [5, 5.41) is 9.18. The van der Waals surface area contributed by atoms with Gasteiger partial charge in [-0.2, -0.15) is 4.98 Å². The fourth-order valence-electron chi connectivity index (χ4n) is 3.05. The summed E-state index contributed by atoms with van der Waals surface area (Å²) in [6.07, 6.45) is 3.68. The van der Waals surface area contributed by atoms with E-state index in [0.717, 1.165) is 23.3 Å². The van der Waals surface area contributed by atoms with Gasteiger partial charge < -0.3 is 4.74 Å². The van der Waals surface area contributed by atoms with E-state index in [1.165, 1.54) is 18.7 Å². The molecule has 0 fully saturated rings. The maximum atomic E-state index is 12.6. The molecule has 1 amide bonds. The normalized spacial score (nSPS) is 15.2. The van der Waals surface area contributed by atoms with Crippen molar-refractivity contribution in [2.75, 3.05) is 10.7 Å². The lowest BCUT2D eigenvalue weighted by atomic mass is 10.1. The van der Waals surface area contributed by atoms with Crippen molar-refractivity contribution in [3.8, 4) is 17.1 Å². The van der Waals surface area contributed by atoms with Gasteiger partial charge in [-0.25, -0.2) is 0 Å². The van der Waals surface area contributed by atoms with Gasteiger partial charge in [0, 0.05) is 36.2 Å². The highest BCUT2D eigenvalue weighted by Gasteiger charge is 2.34. The van der Waals surface area contributed by atoms with Gasteiger partial charge in [-0.15, -0.1) is 10.2 Å². The van der Waals surface area contributed by atoms with Crippen LogP contribution in [0.1, 0.15) is 32.1 Å². The van der Waals surface area contributed by atoms with E-state index in [1.54, 1.807) is 17.3 Å². The van der Waals surface area contributed by atoms with Gasteiger partial charge in [0.25, 0.3) is 0 Å². The fraction of sp³-hybridized carbons (Fsp3) is 0.250. The van der Waals surface area contributed by atoms with E-state index in [1.807, 2.05) is 36.4 Å². The SMILES string of the molecule is CCCSc1nnc2c(n1)O[C@@H](c1cccnc1)N(C(C)=O)c1ccccc1-2. The average Bonchev–Trinajstić information content (AvgIpc) is 2.87. The lowest BCUT2D eigenvalue weighted by Crippen LogP contribution is -2.36. The molecule has 8 heteroatoms. The number of anilines is 1. The van der Waals surface area contributed by atoms with Crippen molar-refractivity contribution < 1.29 is 9.53 Å². The number of para-hydroxylation sites is 1. The van der Waals surface area contributed by atoms with Crippen molar-refractivity contribution in [3.63, 3.8) is 0 Å². The Morgan fingerprint density at radius 2 is 2.07 bits per heavy atom. The molecule has 1 aliphatic heterocycles. The van der Waals surface area contributed by atoms with Crippen molar-refractivity contribution in [3.05, 3.63) is 54.4 Å². The van der Waals surface area contributed by atoms with Crippen LogP contribution in [-0.4, -0.2) is 31.8 Å². The molecule has 3 heterocycles. The van der Waals surface area contributed by atoms with Crippen LogP contribution in [0.25, 0.3) is 11.3 Å². The van der Waals surface area contributed by atoms with E-state index in [0.29, 0.717) is 22.4 Å². The number of hydrogen-bond donors (Lipinski definition) is 0. The Morgan fingerprint density at radius 1 is 1.21 bits per heavy atom. The average molecular weight is 393 g/mol. The van der Waals surface area contributed by atoms with Crippen LogP contribution in [0.5, 0.6) is 5.88 Å². The van der Waals surface area contributed by atoms with Gasteiger partial charge >= 0.3 is 0 Å². The summed E-state index contributed by atoms with van der Waals surface area (Å²) in [6, 6.07) is 11.2. The molecule has 0 spiro atoms. The summed E-state index contributed by atoms with van der Waals surface area (Å²) in [7, 11) is 0. The molecule has 1 atom stereocenters. The highest BCUT2D eigenvalue weighted by Crippen LogP contribution is 2.43. The predicted molar refractivity (Wildman–Crippen MR) is 107 cm³/mol. The van der Waals surface area contributed by atoms with E-state index in [9.17, 15) is 4.79 Å². The summed E-state index contributed by atoms with van der Waals surface area (Å²) < 4.78 is 6.26. The van der Waals surface area contributed by atoms with Gasteiger partial charge in [0.15, 0.2) is 5.69 Å². The second kappa shape index (κ2) is 7.93. The number of amides is 1. The molecule has 28 heavy (non-hydrogen) atoms. The number of fused-ring (bicyclic) bond motifs is 3. The van der Waals surface area contributed by atoms with Gasteiger partial charge in [-0.3, -0.25) is 14.7 Å². The topological polar surface area (TPSA) is 81.1 Å². The van der Waals surface area contributed by atoms with Gasteiger partial charge in [-0.1, -0.05) is 43.0 Å². The Kier molecular flexibility index (Phi) is 5.21. The Balaban J connectivity index is 1.90. The fourth-order valence-corrected chi connectivity index (χ4v) is 3.68. The molecule has 0 N–H and O–H groups in total. The van der Waals surface area contributed by atoms with Crippen molar-refractivity contribution in [1.82, 2.24) is 20.2 Å². The molecule has 0 saturated heterocycles. The first-order chi connectivity index (χ1) is 13.7. The number of rotatable bonds is 4. The molecule has 0 radical (unpaired) electrons. The van der Waals surface area contributed by atoms with E-state index < -0.39 is 6.23 Å². The van der Waals surface area contributed by atoms with Crippen LogP contribution < -0.4 is 9.64 Å². The first-order valence-electron chi connectivity index (χ1n) is 9.02. The number of ether oxygens (including phenoxy) is 1. The molecule has 3 aromatic rings. The number of hydrogen-bond acceptors (Lipinski definition) is 7. The second-order valence-electron chi connectivity index (χ2n) is 6.26. The van der Waals surface area contributed by atoms with Gasteiger partial charge in [0.2, 0.25) is 23.2 Å². The van der Waals surface area contributed by atoms with Crippen LogP contribution in [0.2, 0.25) is 0 Å². The third-order valence-electron chi connectivity index (χ3n) is 4.26. The summed E-state index contributed by atoms with van der Waals surface area (Å²) in [5.74, 6) is 1.10. The zero-order chi connectivity index (χ0) is 19.5. The smallest absolute Gasteiger partial charge is 0.247 e. The molecule has 2 aromatic heterocycles. The molecule has 0 aliphatic carbocycles. The van der Waals surface area contributed by atoms with Crippen LogP contribution in [0, 0.1) is 0 Å². The molecular formula is C20H19N5O2S. The van der Waals surface area contributed by atoms with E-state index >= 15 is 0 Å². The first-order valence-corrected chi connectivity index (χ1v) is 10.0. The highest BCUT2D eigenvalue weighted by molar-refractivity contribution is 7.99. The number of nitrogens with zero attached hydrogens (tertiary/aromatic N) is 5. The van der Waals surface area contributed by atoms with Crippen LogP contribution in [0.3, 0.4) is 0 Å². The zero-order valence-electron chi connectivity index (χ0n) is 15.6. The van der Waals surface area contributed by atoms with Crippen LogP contribution in [0.15, 0.2) is 53.9 Å². The maximum Gasteiger partial charge on any atom is 0.247 e. The second-order valence-corrected chi connectivity index (χ2v) is 7.32. The number of benzene rings is 1. The Hall–Kier alpha value is -3.00. The lowest BCUT2D eigenvalue weighted by Gasteiger charge is -2.29. The predicted octanol–water partition coefficient (Wildman–Crippen LogP) is 3.88. The monoisotopic (exact) mass is 393 g/mol. The number of aromatic nitrogens is 4. The lowest BCUT2D eigenvalue weighted by molar-refractivity contribution is -0.118. The van der Waals surface area contributed by atoms with Gasteiger partial charge in [0.05, 0.1) is 5.69 Å². The highest BCUT2D eigenvalue weighted by atomic mass is 32.2. The summed E-state index contributed by atoms with van der Waals surface area (Å²) in [4.78, 5) is 23.0. The molecule has 0 saturated carbocycles. The summed E-state index contributed by atoms with van der Waals surface area (Å²) >= 11 is 1.53. The number of carbonyl (C=O) groups excluding carboxylic acids is 1. The standard InChI is InChI=1S/C20H19N5O2S/c1-3-11-28-20-22-18-17(23-24-20)15-8-4-5-9-16(15)25(13(2)26)19(27-18)14-7-6-10-21-12-14/h4-10,12,19H,3,11H2,1-2H3/t19-/m0/s1. The van der Waals surface area contributed by atoms with Gasteiger partial charge in [0.1, 0.15) is 0 Å². The first kappa shape index (κ1) is 18.4. The molecule has 1 aliphatic rings. The van der Waals surface area contributed by atoms with Crippen molar-refractivity contribution >= 4 is 23.4 Å². The number of pyridine rings is 1. The van der Waals surface area contributed by atoms with Crippen LogP contribution >= 0.6 is 11.8 Å². The third kappa shape index (κ3) is 3.43. The van der Waals surface area contributed by atoms with E-state index in [-0.39, 0.29) is 5.91 Å². The Morgan fingerprint density at radius 3 is 2.82 bits per heavy atom. The number of thioether (sulfide) groups is 1. The maximum absolute atomic E-state index is 12.6. The van der Waals surface area contributed by atoms with E-state index in [2.05, 4.69) is 27.1 Å². The minimum absolute atomic E-state index is 0.150. The minimum Gasteiger partial charge on any atom is -0.447 e. The van der Waals surface area contributed by atoms with Crippen molar-refractivity contribution in [2.45, 2.75) is 31.7 Å². The molecule has 142 valence electrons. The van der Waals surface area contributed by atoms with Crippen molar-refractivity contribution in [2.24, 2.45) is 0 Å². The summed E-state index contributed by atoms with van der Waals surface area (Å²) in [5.41, 5.74) is 2.73. The minimum atomic E-state index is -0.700. The number of carbonyl (C=O) groups is 1. The molecule has 7 nitrogen and oxygen atoms in total. The quantitative estimate of drug-likeness (QED) is 0.622. The largest absolute Gasteiger partial charge is 0.447 e. The van der Waals surface area contributed by atoms with Crippen LogP contribution in [-0.2, 0) is 4.79 Å². The Bertz CT molecular complexity index is 999. The molecular weight excluding hydrogens is 374 g/mol. The zero-order valence-corrected chi connectivity index (χ0v) is 16.4.